The Morgan fingerprint density at radius 1 is 0.515 bits per heavy atom. The Morgan fingerprint density at radius 3 is 1.32 bits per heavy atom. The first kappa shape index (κ1) is 65.3. The number of likely N-dealkylation sites (N-methyl/N-ethyl adjacent to an activating group) is 1. The summed E-state index contributed by atoms with van der Waals surface area (Å²) < 4.78 is 11.4. The third-order valence-corrected chi connectivity index (χ3v) is 10.4. The average Bonchev–Trinajstić information content (AvgIpc) is 3.30. The van der Waals surface area contributed by atoms with Crippen LogP contribution in [0.5, 0.6) is 11.5 Å². The van der Waals surface area contributed by atoms with Crippen molar-refractivity contribution in [3.05, 3.63) is 130 Å². The van der Waals surface area contributed by atoms with Gasteiger partial charge < -0.3 is 19.7 Å². The lowest BCUT2D eigenvalue weighted by Crippen LogP contribution is -2.27. The van der Waals surface area contributed by atoms with E-state index in [1.54, 1.807) is 13.0 Å². The predicted molar refractivity (Wildman–Crippen MR) is 278 cm³/mol. The molecule has 0 heterocycles. The van der Waals surface area contributed by atoms with Crippen molar-refractivity contribution in [2.45, 2.75) is 146 Å². The van der Waals surface area contributed by atoms with Gasteiger partial charge in [0.05, 0.1) is 17.7 Å². The summed E-state index contributed by atoms with van der Waals surface area (Å²) in [5, 5.41) is 18.7. The number of Topliss-reactive ketones (excluding diaryl/α,β-unsaturated/α-hetero) is 2. The second-order valence-electron chi connectivity index (χ2n) is 15.7. The number of hydrogen-bond acceptors (Lipinski definition) is 9. The molecule has 9 heteroatoms. The number of aromatic hydroxyl groups is 2. The number of benzene rings is 4. The van der Waals surface area contributed by atoms with Gasteiger partial charge in [-0.25, -0.2) is 0 Å². The fourth-order valence-electron chi connectivity index (χ4n) is 6.57. The molecule has 0 amide bonds. The van der Waals surface area contributed by atoms with Crippen LogP contribution in [0.2, 0.25) is 0 Å². The normalized spacial score (nSPS) is 10.0. The van der Waals surface area contributed by atoms with Crippen LogP contribution in [-0.4, -0.2) is 85.8 Å². The van der Waals surface area contributed by atoms with Crippen LogP contribution in [0.1, 0.15) is 186 Å². The summed E-state index contributed by atoms with van der Waals surface area (Å²) in [5.74, 6) is -0.284. The molecule has 0 aromatic heterocycles. The molecule has 0 unspecified atom stereocenters. The van der Waals surface area contributed by atoms with Gasteiger partial charge in [0.25, 0.3) is 0 Å². The SMILES string of the molecule is C.C.C.C.CCC(=O)c1ccc(O)c(C=O)c1.CCCCCCCOCCCCc1ccccc1.CN(CCCCCCOCCCCc1ccccc1)CC(=O)c1ccc(O)c(C=O)c1. The second-order valence-corrected chi connectivity index (χ2v) is 15.7. The van der Waals surface area contributed by atoms with E-state index in [2.05, 4.69) is 61.5 Å². The Balaban J connectivity index is -0.000000967. The Bertz CT molecular complexity index is 1800. The number of carbonyl (C=O) groups is 4. The zero-order valence-electron chi connectivity index (χ0n) is 37.7. The van der Waals surface area contributed by atoms with E-state index < -0.39 is 0 Å². The van der Waals surface area contributed by atoms with Gasteiger partial charge in [-0.2, -0.15) is 0 Å². The van der Waals surface area contributed by atoms with E-state index in [0.717, 1.165) is 77.9 Å². The van der Waals surface area contributed by atoms with Crippen molar-refractivity contribution >= 4 is 24.1 Å². The maximum Gasteiger partial charge on any atom is 0.176 e. The van der Waals surface area contributed by atoms with Gasteiger partial charge in [-0.1, -0.05) is 143 Å². The highest BCUT2D eigenvalue weighted by Gasteiger charge is 2.12. The maximum absolute atomic E-state index is 12.3. The third-order valence-electron chi connectivity index (χ3n) is 10.4. The molecule has 66 heavy (non-hydrogen) atoms. The molecule has 0 saturated carbocycles. The third kappa shape index (κ3) is 30.3. The molecule has 0 bridgehead atoms. The first-order valence-corrected chi connectivity index (χ1v) is 22.8. The monoisotopic (exact) mass is 916 g/mol. The predicted octanol–water partition coefficient (Wildman–Crippen LogP) is 14.3. The first-order chi connectivity index (χ1) is 30.2. The number of ketones is 2. The molecule has 9 nitrogen and oxygen atoms in total. The van der Waals surface area contributed by atoms with E-state index in [4.69, 9.17) is 14.6 Å². The molecule has 4 aromatic rings. The van der Waals surface area contributed by atoms with Gasteiger partial charge in [-0.15, -0.1) is 0 Å². The Kier molecular flexibility index (Phi) is 42.2. The fraction of sp³-hybridized carbons (Fsp3) is 0.509. The molecule has 0 aliphatic heterocycles. The van der Waals surface area contributed by atoms with Crippen molar-refractivity contribution in [1.82, 2.24) is 4.90 Å². The van der Waals surface area contributed by atoms with Gasteiger partial charge in [0.15, 0.2) is 24.1 Å². The Hall–Kier alpha value is -4.96. The summed E-state index contributed by atoms with van der Waals surface area (Å²) in [6.45, 7) is 8.69. The molecule has 0 fully saturated rings. The summed E-state index contributed by atoms with van der Waals surface area (Å²) in [4.78, 5) is 46.9. The van der Waals surface area contributed by atoms with Gasteiger partial charge >= 0.3 is 0 Å². The quantitative estimate of drug-likeness (QED) is 0.0298. The van der Waals surface area contributed by atoms with Crippen LogP contribution in [0.15, 0.2) is 97.1 Å². The first-order valence-electron chi connectivity index (χ1n) is 22.8. The van der Waals surface area contributed by atoms with Crippen molar-refractivity contribution in [2.75, 3.05) is 46.6 Å². The number of carbonyl (C=O) groups excluding carboxylic acids is 4. The van der Waals surface area contributed by atoms with Crippen molar-refractivity contribution in [2.24, 2.45) is 0 Å². The highest BCUT2D eigenvalue weighted by Crippen LogP contribution is 2.18. The van der Waals surface area contributed by atoms with E-state index >= 15 is 0 Å². The molecule has 0 saturated heterocycles. The summed E-state index contributed by atoms with van der Waals surface area (Å²) in [6.07, 6.45) is 19.4. The van der Waals surface area contributed by atoms with Crippen LogP contribution in [0, 0.1) is 0 Å². The van der Waals surface area contributed by atoms with E-state index in [1.807, 2.05) is 18.0 Å². The highest BCUT2D eigenvalue weighted by molar-refractivity contribution is 5.99. The maximum atomic E-state index is 12.3. The zero-order chi connectivity index (χ0) is 45.0. The molecule has 0 atom stereocenters. The lowest BCUT2D eigenvalue weighted by atomic mass is 10.1. The number of rotatable bonds is 30. The minimum atomic E-state index is -0.101. The smallest absolute Gasteiger partial charge is 0.176 e. The molecular weight excluding hydrogens is 827 g/mol. The van der Waals surface area contributed by atoms with Crippen LogP contribution >= 0.6 is 0 Å². The number of hydrogen-bond donors (Lipinski definition) is 2. The highest BCUT2D eigenvalue weighted by atomic mass is 16.5. The van der Waals surface area contributed by atoms with E-state index in [9.17, 15) is 24.3 Å². The topological polar surface area (TPSA) is 130 Å². The van der Waals surface area contributed by atoms with Crippen molar-refractivity contribution in [3.8, 4) is 11.5 Å². The van der Waals surface area contributed by atoms with Crippen LogP contribution in [0.3, 0.4) is 0 Å². The van der Waals surface area contributed by atoms with E-state index in [-0.39, 0.29) is 63.9 Å². The number of aryl methyl sites for hydroxylation is 2. The average molecular weight is 916 g/mol. The summed E-state index contributed by atoms with van der Waals surface area (Å²) in [7, 11) is 1.93. The summed E-state index contributed by atoms with van der Waals surface area (Å²) in [6, 6.07) is 29.9. The van der Waals surface area contributed by atoms with Crippen molar-refractivity contribution in [3.63, 3.8) is 0 Å². The van der Waals surface area contributed by atoms with Crippen molar-refractivity contribution in [1.29, 1.82) is 0 Å². The van der Waals surface area contributed by atoms with Gasteiger partial charge in [-0.05, 0) is 119 Å². The van der Waals surface area contributed by atoms with Crippen LogP contribution < -0.4 is 0 Å². The number of aldehydes is 2. The molecule has 4 rings (SSSR count). The molecule has 2 N–H and O–H groups in total. The molecular formula is C57H89NO8. The van der Waals surface area contributed by atoms with E-state index in [1.165, 1.54) is 92.8 Å². The number of ether oxygens (including phenoxy) is 2. The molecule has 0 radical (unpaired) electrons. The number of nitrogens with zero attached hydrogens (tertiary/aromatic N) is 1. The lowest BCUT2D eigenvalue weighted by molar-refractivity contribution is 0.0943. The fourth-order valence-corrected chi connectivity index (χ4v) is 6.57. The number of phenols is 2. The number of unbranched alkanes of at least 4 members (excludes halogenated alkanes) is 9. The molecule has 0 aliphatic rings. The molecule has 4 aromatic carbocycles. The minimum Gasteiger partial charge on any atom is -0.507 e. The van der Waals surface area contributed by atoms with Gasteiger partial charge in [0, 0.05) is 44.0 Å². The van der Waals surface area contributed by atoms with Gasteiger partial charge in [0.1, 0.15) is 11.5 Å². The summed E-state index contributed by atoms with van der Waals surface area (Å²) >= 11 is 0. The van der Waals surface area contributed by atoms with Gasteiger partial charge in [0.2, 0.25) is 0 Å². The van der Waals surface area contributed by atoms with Crippen molar-refractivity contribution < 1.29 is 38.9 Å². The Morgan fingerprint density at radius 2 is 0.909 bits per heavy atom. The Labute approximate surface area is 401 Å². The number of phenolic OH excluding ortho intramolecular Hbond substituents is 2. The largest absolute Gasteiger partial charge is 0.507 e. The van der Waals surface area contributed by atoms with Gasteiger partial charge in [-0.3, -0.25) is 24.1 Å². The zero-order valence-corrected chi connectivity index (χ0v) is 37.7. The summed E-state index contributed by atoms with van der Waals surface area (Å²) in [5.41, 5.74) is 4.04. The second kappa shape index (κ2) is 42.7. The van der Waals surface area contributed by atoms with Crippen LogP contribution in [0.4, 0.5) is 0 Å². The molecule has 0 spiro atoms. The van der Waals surface area contributed by atoms with Crippen LogP contribution in [-0.2, 0) is 22.3 Å². The standard InChI is InChI=1S/C26H35NO4.C17H28O.C10H10O3.4CH4/c1-27(20-26(30)23-14-15-25(29)24(19-23)21-28)16-8-2-3-9-17-31-18-10-7-13-22-11-5-4-6-12-22;1-2-3-4-5-10-15-18-16-11-9-14-17-12-7-6-8-13-17;1-2-9(12)7-3-4-10(13)8(5-7)6-11;;;;/h4-6,11-12,14-15,19,21,29H,2-3,7-10,13,16-18,20H2,1H3;6-8,12-13H,2-5,9-11,14-16H2,1H3;3-6,13H,2H2,1H3;4*1H4. The van der Waals surface area contributed by atoms with Crippen LogP contribution in [0.25, 0.3) is 0 Å². The minimum absolute atomic E-state index is 0. The van der Waals surface area contributed by atoms with E-state index in [0.29, 0.717) is 36.7 Å². The lowest BCUT2D eigenvalue weighted by Gasteiger charge is -2.15. The molecule has 0 aliphatic carbocycles. The molecule has 370 valence electrons.